The van der Waals surface area contributed by atoms with Crippen molar-refractivity contribution in [3.05, 3.63) is 77.2 Å². The molecule has 1 atom stereocenters. The second-order valence-electron chi connectivity index (χ2n) is 8.06. The highest BCUT2D eigenvalue weighted by Gasteiger charge is 2.36. The third kappa shape index (κ3) is 5.23. The highest BCUT2D eigenvalue weighted by Crippen LogP contribution is 2.29. The van der Waals surface area contributed by atoms with Gasteiger partial charge in [0.25, 0.3) is 0 Å². The number of amides is 1. The monoisotopic (exact) mass is 484 g/mol. The number of hydrogen-bond donors (Lipinski definition) is 1. The van der Waals surface area contributed by atoms with Crippen LogP contribution in [0.25, 0.3) is 12.2 Å². The zero-order chi connectivity index (χ0) is 24.1. The Hall–Kier alpha value is -3.37. The van der Waals surface area contributed by atoms with Gasteiger partial charge in [-0.05, 0) is 50.1 Å². The Bertz CT molecular complexity index is 1290. The number of aromatic nitrogens is 2. The summed E-state index contributed by atoms with van der Waals surface area (Å²) in [4.78, 5) is 16.8. The summed E-state index contributed by atoms with van der Waals surface area (Å²) in [5.74, 6) is -1.12. The molecule has 0 aliphatic carbocycles. The van der Waals surface area contributed by atoms with Gasteiger partial charge < -0.3 is 9.84 Å². The normalized spacial score (nSPS) is 17.2. The minimum Gasteiger partial charge on any atom is -0.355 e. The smallest absolute Gasteiger partial charge is 0.248 e. The number of benzene rings is 1. The van der Waals surface area contributed by atoms with E-state index >= 15 is 0 Å². The van der Waals surface area contributed by atoms with Crippen LogP contribution >= 0.6 is 0 Å². The molecule has 10 heteroatoms. The first kappa shape index (κ1) is 23.8. The first-order valence-corrected chi connectivity index (χ1v) is 12.4. The fourth-order valence-electron chi connectivity index (χ4n) is 3.90. The van der Waals surface area contributed by atoms with Gasteiger partial charge in [0.15, 0.2) is 10.7 Å². The van der Waals surface area contributed by atoms with Crippen LogP contribution in [-0.4, -0.2) is 41.9 Å². The Morgan fingerprint density at radius 1 is 1.24 bits per heavy atom. The van der Waals surface area contributed by atoms with Crippen molar-refractivity contribution < 1.29 is 22.1 Å². The fraction of sp³-hybridized carbons (Fsp3) is 0.292. The number of rotatable bonds is 7. The fourth-order valence-corrected chi connectivity index (χ4v) is 5.68. The van der Waals surface area contributed by atoms with Crippen molar-refractivity contribution >= 4 is 28.1 Å². The molecule has 0 unspecified atom stereocenters. The molecule has 8 nitrogen and oxygen atoms in total. The minimum atomic E-state index is -3.99. The summed E-state index contributed by atoms with van der Waals surface area (Å²) in [7, 11) is -3.99. The summed E-state index contributed by atoms with van der Waals surface area (Å²) in [6.45, 7) is 2.15. The van der Waals surface area contributed by atoms with Crippen molar-refractivity contribution in [3.8, 4) is 0 Å². The van der Waals surface area contributed by atoms with Crippen LogP contribution in [-0.2, 0) is 21.4 Å². The van der Waals surface area contributed by atoms with Gasteiger partial charge in [0.2, 0.25) is 15.9 Å². The molecule has 1 aliphatic rings. The lowest BCUT2D eigenvalue weighted by molar-refractivity contribution is -0.126. The maximum Gasteiger partial charge on any atom is 0.248 e. The van der Waals surface area contributed by atoms with Gasteiger partial charge in [-0.3, -0.25) is 9.78 Å². The van der Waals surface area contributed by atoms with Crippen LogP contribution in [0.4, 0.5) is 4.39 Å². The highest BCUT2D eigenvalue weighted by molar-refractivity contribution is 7.89. The molecule has 1 aromatic carbocycles. The van der Waals surface area contributed by atoms with Crippen LogP contribution in [0.5, 0.6) is 0 Å². The van der Waals surface area contributed by atoms with E-state index in [0.29, 0.717) is 18.4 Å². The van der Waals surface area contributed by atoms with Gasteiger partial charge >= 0.3 is 0 Å². The summed E-state index contributed by atoms with van der Waals surface area (Å²) in [6.07, 6.45) is 5.62. The van der Waals surface area contributed by atoms with Gasteiger partial charge in [-0.15, -0.1) is 0 Å². The zero-order valence-corrected chi connectivity index (χ0v) is 19.5. The lowest BCUT2D eigenvalue weighted by Crippen LogP contribution is -2.45. The molecular weight excluding hydrogens is 459 g/mol. The van der Waals surface area contributed by atoms with E-state index in [0.717, 1.165) is 5.69 Å². The molecule has 1 N–H and O–H groups in total. The molecule has 3 heterocycles. The number of piperidine rings is 1. The first-order valence-electron chi connectivity index (χ1n) is 10.9. The summed E-state index contributed by atoms with van der Waals surface area (Å²) >= 11 is 0. The molecule has 1 saturated heterocycles. The molecular formula is C24H25FN4O4S. The van der Waals surface area contributed by atoms with Crippen LogP contribution in [0.3, 0.4) is 0 Å². The molecule has 0 bridgehead atoms. The van der Waals surface area contributed by atoms with Gasteiger partial charge in [0.05, 0.1) is 18.2 Å². The van der Waals surface area contributed by atoms with E-state index in [-0.39, 0.29) is 41.9 Å². The van der Waals surface area contributed by atoms with Gasteiger partial charge in [-0.2, -0.15) is 4.31 Å². The van der Waals surface area contributed by atoms with Crippen molar-refractivity contribution in [2.45, 2.75) is 31.2 Å². The van der Waals surface area contributed by atoms with E-state index in [9.17, 15) is 17.6 Å². The molecule has 1 fully saturated rings. The largest absolute Gasteiger partial charge is 0.355 e. The molecule has 0 radical (unpaired) electrons. The number of aryl methyl sites for hydroxylation is 1. The van der Waals surface area contributed by atoms with Crippen molar-refractivity contribution in [1.29, 1.82) is 0 Å². The number of pyridine rings is 1. The zero-order valence-electron chi connectivity index (χ0n) is 18.6. The predicted octanol–water partition coefficient (Wildman–Crippen LogP) is 3.40. The molecule has 4 rings (SSSR count). The molecule has 0 spiro atoms. The number of hydrogen-bond acceptors (Lipinski definition) is 6. The SMILES string of the molecule is Cc1noc(/C=C/c2ccccc2F)c1S(=O)(=O)N1CCC[C@H](C(=O)NCc2ccccn2)C1. The predicted molar refractivity (Wildman–Crippen MR) is 124 cm³/mol. The summed E-state index contributed by atoms with van der Waals surface area (Å²) in [5.41, 5.74) is 1.22. The molecule has 2 aromatic heterocycles. The highest BCUT2D eigenvalue weighted by atomic mass is 32.2. The average molecular weight is 485 g/mol. The third-order valence-corrected chi connectivity index (χ3v) is 7.70. The molecule has 1 aliphatic heterocycles. The standard InChI is InChI=1S/C24H25FN4O4S/c1-17-23(22(33-28-17)12-11-18-7-2-3-10-21(18)25)34(31,32)29-14-6-8-19(16-29)24(30)27-15-20-9-4-5-13-26-20/h2-5,7,9-13,19H,6,8,14-16H2,1H3,(H,27,30)/b12-11+/t19-/m0/s1. The number of carbonyl (C=O) groups is 1. The van der Waals surface area contributed by atoms with Crippen LogP contribution in [0.2, 0.25) is 0 Å². The van der Waals surface area contributed by atoms with E-state index in [1.165, 1.54) is 29.4 Å². The van der Waals surface area contributed by atoms with Gasteiger partial charge in [0, 0.05) is 24.8 Å². The molecule has 178 valence electrons. The van der Waals surface area contributed by atoms with Gasteiger partial charge in [0.1, 0.15) is 11.5 Å². The summed E-state index contributed by atoms with van der Waals surface area (Å²) < 4.78 is 47.5. The Kier molecular flexibility index (Phi) is 7.18. The Labute approximate surface area is 197 Å². The Morgan fingerprint density at radius 3 is 2.79 bits per heavy atom. The Balaban J connectivity index is 1.50. The van der Waals surface area contributed by atoms with E-state index in [1.807, 2.05) is 12.1 Å². The van der Waals surface area contributed by atoms with Crippen LogP contribution in [0.15, 0.2) is 58.1 Å². The number of carbonyl (C=O) groups excluding carboxylic acids is 1. The van der Waals surface area contributed by atoms with E-state index in [4.69, 9.17) is 4.52 Å². The van der Waals surface area contributed by atoms with E-state index < -0.39 is 21.8 Å². The van der Waals surface area contributed by atoms with Crippen molar-refractivity contribution in [2.75, 3.05) is 13.1 Å². The minimum absolute atomic E-state index is 0.0162. The van der Waals surface area contributed by atoms with Crippen molar-refractivity contribution in [3.63, 3.8) is 0 Å². The number of halogens is 1. The first-order chi connectivity index (χ1) is 16.4. The lowest BCUT2D eigenvalue weighted by atomic mass is 9.99. The number of nitrogens with zero attached hydrogens (tertiary/aromatic N) is 3. The van der Waals surface area contributed by atoms with Gasteiger partial charge in [-0.1, -0.05) is 29.4 Å². The molecule has 0 saturated carbocycles. The quantitative estimate of drug-likeness (QED) is 0.551. The van der Waals surface area contributed by atoms with Crippen LogP contribution in [0.1, 0.15) is 35.6 Å². The lowest BCUT2D eigenvalue weighted by Gasteiger charge is -2.31. The maximum atomic E-state index is 13.9. The van der Waals surface area contributed by atoms with Crippen molar-refractivity contribution in [2.24, 2.45) is 5.92 Å². The third-order valence-electron chi connectivity index (χ3n) is 5.68. The summed E-state index contributed by atoms with van der Waals surface area (Å²) in [5, 5.41) is 6.66. The van der Waals surface area contributed by atoms with Crippen LogP contribution < -0.4 is 5.32 Å². The summed E-state index contributed by atoms with van der Waals surface area (Å²) in [6, 6.07) is 11.6. The molecule has 3 aromatic rings. The van der Waals surface area contributed by atoms with Crippen LogP contribution in [0, 0.1) is 18.7 Å². The second kappa shape index (κ2) is 10.3. The number of nitrogens with one attached hydrogen (secondary N) is 1. The topological polar surface area (TPSA) is 105 Å². The Morgan fingerprint density at radius 2 is 2.03 bits per heavy atom. The molecule has 34 heavy (non-hydrogen) atoms. The van der Waals surface area contributed by atoms with Gasteiger partial charge in [-0.25, -0.2) is 12.8 Å². The van der Waals surface area contributed by atoms with E-state index in [1.54, 1.807) is 30.5 Å². The maximum absolute atomic E-state index is 13.9. The van der Waals surface area contributed by atoms with E-state index in [2.05, 4.69) is 15.5 Å². The average Bonchev–Trinajstić information content (AvgIpc) is 3.23. The number of sulfonamides is 1. The molecule has 1 amide bonds. The second-order valence-corrected chi connectivity index (χ2v) is 9.93. The van der Waals surface area contributed by atoms with Crippen molar-refractivity contribution in [1.82, 2.24) is 19.8 Å².